The molecular weight excluding hydrogens is 370 g/mol. The minimum absolute atomic E-state index is 0.0570. The minimum atomic E-state index is -4.52. The largest absolute Gasteiger partial charge is 0.468 e. The summed E-state index contributed by atoms with van der Waals surface area (Å²) >= 11 is 0. The zero-order valence-corrected chi connectivity index (χ0v) is 13.4. The van der Waals surface area contributed by atoms with Gasteiger partial charge in [-0.3, -0.25) is 0 Å². The van der Waals surface area contributed by atoms with E-state index in [1.54, 1.807) is 0 Å². The van der Waals surface area contributed by atoms with Crippen molar-refractivity contribution in [2.75, 3.05) is 13.2 Å². The number of carbonyl (C=O) groups excluding carboxylic acids is 1. The summed E-state index contributed by atoms with van der Waals surface area (Å²) in [5.41, 5.74) is -1.52. The summed E-state index contributed by atoms with van der Waals surface area (Å²) in [6, 6.07) is 0.411. The van der Waals surface area contributed by atoms with Gasteiger partial charge in [-0.25, -0.2) is 14.8 Å². The maximum absolute atomic E-state index is 12.7. The van der Waals surface area contributed by atoms with Gasteiger partial charge in [-0.15, -0.1) is 0 Å². The number of aromatic nitrogens is 2. The number of ether oxygens (including phenoxy) is 1. The molecule has 2 amide bonds. The molecule has 1 aliphatic carbocycles. The van der Waals surface area contributed by atoms with E-state index in [4.69, 9.17) is 0 Å². The number of hydrogen-bond donors (Lipinski definition) is 2. The van der Waals surface area contributed by atoms with Crippen LogP contribution in [0, 0.1) is 5.41 Å². The summed E-state index contributed by atoms with van der Waals surface area (Å²) in [6.45, 7) is -1.81. The molecule has 0 saturated heterocycles. The maximum atomic E-state index is 12.7. The monoisotopic (exact) mass is 386 g/mol. The van der Waals surface area contributed by atoms with E-state index in [2.05, 4.69) is 25.3 Å². The number of nitrogens with zero attached hydrogens (tertiary/aromatic N) is 2. The smallest absolute Gasteiger partial charge is 0.422 e. The Hall–Kier alpha value is -2.27. The van der Waals surface area contributed by atoms with Crippen LogP contribution in [-0.4, -0.2) is 41.5 Å². The lowest BCUT2D eigenvalue weighted by Crippen LogP contribution is -2.38. The fraction of sp³-hybridized carbons (Fsp3) is 0.643. The third-order valence-electron chi connectivity index (χ3n) is 3.86. The first-order valence-corrected chi connectivity index (χ1v) is 7.60. The SMILES string of the molecule is O=C(NCCC1(C(F)(F)F)CC1)NCc1cc(OCC(F)(F)F)ncn1. The molecule has 26 heavy (non-hydrogen) atoms. The van der Waals surface area contributed by atoms with Gasteiger partial charge in [0.05, 0.1) is 17.7 Å². The Balaban J connectivity index is 1.72. The number of amides is 2. The third-order valence-corrected chi connectivity index (χ3v) is 3.86. The molecule has 0 spiro atoms. The highest BCUT2D eigenvalue weighted by molar-refractivity contribution is 5.73. The third kappa shape index (κ3) is 5.92. The Labute approximate surface area is 144 Å². The predicted molar refractivity (Wildman–Crippen MR) is 76.2 cm³/mol. The standard InChI is InChI=1S/C14H16F6N4O2/c15-13(16,17)7-26-10-5-9(23-8-24-10)6-22-11(25)21-4-3-12(1-2-12)14(18,19)20/h5,8H,1-4,6-7H2,(H2,21,22,25). The van der Waals surface area contributed by atoms with E-state index >= 15 is 0 Å². The fourth-order valence-corrected chi connectivity index (χ4v) is 2.18. The molecule has 1 fully saturated rings. The molecule has 0 atom stereocenters. The Kier molecular flexibility index (Phi) is 5.81. The Morgan fingerprint density at radius 1 is 1.15 bits per heavy atom. The quantitative estimate of drug-likeness (QED) is 0.707. The zero-order chi connectivity index (χ0) is 19.4. The number of urea groups is 1. The van der Waals surface area contributed by atoms with Crippen molar-refractivity contribution < 1.29 is 35.9 Å². The van der Waals surface area contributed by atoms with Crippen molar-refractivity contribution in [3.8, 4) is 5.88 Å². The van der Waals surface area contributed by atoms with Gasteiger partial charge in [0.1, 0.15) is 6.33 Å². The van der Waals surface area contributed by atoms with Crippen LogP contribution in [0.3, 0.4) is 0 Å². The molecule has 2 N–H and O–H groups in total. The lowest BCUT2D eigenvalue weighted by Gasteiger charge is -2.19. The first kappa shape index (κ1) is 20.0. The molecule has 1 aromatic heterocycles. The van der Waals surface area contributed by atoms with E-state index in [-0.39, 0.29) is 43.9 Å². The molecule has 1 heterocycles. The number of rotatable bonds is 7. The van der Waals surface area contributed by atoms with E-state index in [0.717, 1.165) is 12.4 Å². The summed E-state index contributed by atoms with van der Waals surface area (Å²) in [6.07, 6.45) is -7.91. The fourth-order valence-electron chi connectivity index (χ4n) is 2.18. The summed E-state index contributed by atoms with van der Waals surface area (Å²) < 4.78 is 78.9. The molecule has 1 saturated carbocycles. The summed E-state index contributed by atoms with van der Waals surface area (Å²) in [5, 5.41) is 4.65. The van der Waals surface area contributed by atoms with Gasteiger partial charge in [0.2, 0.25) is 5.88 Å². The van der Waals surface area contributed by atoms with E-state index < -0.39 is 30.4 Å². The molecular formula is C14H16F6N4O2. The zero-order valence-electron chi connectivity index (χ0n) is 13.4. The van der Waals surface area contributed by atoms with E-state index in [1.165, 1.54) is 0 Å². The van der Waals surface area contributed by atoms with Crippen LogP contribution in [0.1, 0.15) is 25.0 Å². The Morgan fingerprint density at radius 2 is 1.85 bits per heavy atom. The molecule has 146 valence electrons. The number of nitrogens with one attached hydrogen (secondary N) is 2. The second kappa shape index (κ2) is 7.54. The number of alkyl halides is 6. The number of carbonyl (C=O) groups is 1. The van der Waals surface area contributed by atoms with Crippen LogP contribution in [0.5, 0.6) is 5.88 Å². The Morgan fingerprint density at radius 3 is 2.42 bits per heavy atom. The minimum Gasteiger partial charge on any atom is -0.468 e. The Bertz CT molecular complexity index is 631. The highest BCUT2D eigenvalue weighted by Gasteiger charge is 2.62. The topological polar surface area (TPSA) is 76.1 Å². The summed E-state index contributed by atoms with van der Waals surface area (Å²) in [5.74, 6) is -0.310. The molecule has 0 aromatic carbocycles. The normalized spacial score (nSPS) is 16.1. The van der Waals surface area contributed by atoms with Crippen molar-refractivity contribution in [2.24, 2.45) is 5.41 Å². The van der Waals surface area contributed by atoms with Gasteiger partial charge in [-0.1, -0.05) is 0 Å². The van der Waals surface area contributed by atoms with Gasteiger partial charge in [0.15, 0.2) is 6.61 Å². The highest BCUT2D eigenvalue weighted by Crippen LogP contribution is 2.59. The molecule has 0 radical (unpaired) electrons. The first-order valence-electron chi connectivity index (χ1n) is 7.60. The van der Waals surface area contributed by atoms with Crippen molar-refractivity contribution in [3.63, 3.8) is 0 Å². The van der Waals surface area contributed by atoms with Crippen molar-refractivity contribution in [1.82, 2.24) is 20.6 Å². The number of halogens is 6. The van der Waals surface area contributed by atoms with Gasteiger partial charge in [-0.05, 0) is 19.3 Å². The van der Waals surface area contributed by atoms with Gasteiger partial charge in [-0.2, -0.15) is 26.3 Å². The van der Waals surface area contributed by atoms with Crippen molar-refractivity contribution in [3.05, 3.63) is 18.1 Å². The van der Waals surface area contributed by atoms with Gasteiger partial charge < -0.3 is 15.4 Å². The average Bonchev–Trinajstić information content (AvgIpc) is 3.32. The molecule has 6 nitrogen and oxygen atoms in total. The lowest BCUT2D eigenvalue weighted by molar-refractivity contribution is -0.188. The molecule has 0 aliphatic heterocycles. The van der Waals surface area contributed by atoms with E-state index in [9.17, 15) is 31.1 Å². The molecule has 2 rings (SSSR count). The highest BCUT2D eigenvalue weighted by atomic mass is 19.4. The van der Waals surface area contributed by atoms with Crippen LogP contribution >= 0.6 is 0 Å². The van der Waals surface area contributed by atoms with Crippen LogP contribution in [0.2, 0.25) is 0 Å². The van der Waals surface area contributed by atoms with Crippen LogP contribution in [0.15, 0.2) is 12.4 Å². The van der Waals surface area contributed by atoms with Gasteiger partial charge in [0.25, 0.3) is 0 Å². The summed E-state index contributed by atoms with van der Waals surface area (Å²) in [4.78, 5) is 18.8. The first-order chi connectivity index (χ1) is 12.0. The van der Waals surface area contributed by atoms with Crippen molar-refractivity contribution in [2.45, 2.75) is 38.2 Å². The van der Waals surface area contributed by atoms with Crippen LogP contribution < -0.4 is 15.4 Å². The van der Waals surface area contributed by atoms with Crippen LogP contribution in [0.25, 0.3) is 0 Å². The molecule has 1 aromatic rings. The lowest BCUT2D eigenvalue weighted by atomic mass is 10.0. The van der Waals surface area contributed by atoms with Gasteiger partial charge in [0, 0.05) is 12.6 Å². The second-order valence-corrected chi connectivity index (χ2v) is 5.89. The molecule has 12 heteroatoms. The van der Waals surface area contributed by atoms with E-state index in [0.29, 0.717) is 0 Å². The molecule has 0 unspecified atom stereocenters. The average molecular weight is 386 g/mol. The van der Waals surface area contributed by atoms with Gasteiger partial charge >= 0.3 is 18.4 Å². The predicted octanol–water partition coefficient (Wildman–Crippen LogP) is 2.95. The number of hydrogen-bond acceptors (Lipinski definition) is 4. The van der Waals surface area contributed by atoms with Crippen molar-refractivity contribution in [1.29, 1.82) is 0 Å². The van der Waals surface area contributed by atoms with Crippen LogP contribution in [0.4, 0.5) is 31.1 Å². The molecule has 0 bridgehead atoms. The molecule has 1 aliphatic rings. The van der Waals surface area contributed by atoms with Crippen molar-refractivity contribution >= 4 is 6.03 Å². The van der Waals surface area contributed by atoms with E-state index in [1.807, 2.05) is 0 Å². The van der Waals surface area contributed by atoms with Crippen LogP contribution in [-0.2, 0) is 6.54 Å². The second-order valence-electron chi connectivity index (χ2n) is 5.89. The summed E-state index contributed by atoms with van der Waals surface area (Å²) in [7, 11) is 0. The maximum Gasteiger partial charge on any atom is 0.422 e.